The summed E-state index contributed by atoms with van der Waals surface area (Å²) in [6.45, 7) is 4.12. The van der Waals surface area contributed by atoms with Gasteiger partial charge in [-0.2, -0.15) is 0 Å². The van der Waals surface area contributed by atoms with Crippen LogP contribution < -0.4 is 16.0 Å². The molecule has 1 saturated carbocycles. The highest BCUT2D eigenvalue weighted by atomic mass is 19.1. The number of halogens is 1. The van der Waals surface area contributed by atoms with Crippen LogP contribution in [0.5, 0.6) is 0 Å². The Balaban J connectivity index is 1.51. The minimum absolute atomic E-state index is 0.114. The van der Waals surface area contributed by atoms with Crippen molar-refractivity contribution in [2.24, 2.45) is 5.92 Å². The van der Waals surface area contributed by atoms with E-state index in [4.69, 9.17) is 0 Å². The van der Waals surface area contributed by atoms with Crippen molar-refractivity contribution in [1.82, 2.24) is 20.9 Å². The molecule has 1 saturated heterocycles. The Kier molecular flexibility index (Phi) is 6.19. The number of urea groups is 2. The summed E-state index contributed by atoms with van der Waals surface area (Å²) in [5, 5.41) is 8.90. The van der Waals surface area contributed by atoms with Crippen molar-refractivity contribution in [2.75, 3.05) is 19.6 Å². The predicted molar refractivity (Wildman–Crippen MR) is 102 cm³/mol. The van der Waals surface area contributed by atoms with Crippen LogP contribution in [0.15, 0.2) is 24.3 Å². The predicted octanol–water partition coefficient (Wildman–Crippen LogP) is 2.99. The molecule has 27 heavy (non-hydrogen) atoms. The van der Waals surface area contributed by atoms with Gasteiger partial charge >= 0.3 is 12.1 Å². The lowest BCUT2D eigenvalue weighted by Gasteiger charge is -2.42. The third kappa shape index (κ3) is 5.58. The van der Waals surface area contributed by atoms with Crippen molar-refractivity contribution in [2.45, 2.75) is 51.1 Å². The molecule has 2 fully saturated rings. The van der Waals surface area contributed by atoms with Gasteiger partial charge in [0, 0.05) is 31.7 Å². The van der Waals surface area contributed by atoms with Crippen LogP contribution in [-0.2, 0) is 6.54 Å². The number of carbonyl (C=O) groups is 2. The van der Waals surface area contributed by atoms with E-state index in [0.29, 0.717) is 32.1 Å². The van der Waals surface area contributed by atoms with Crippen LogP contribution in [0.2, 0.25) is 0 Å². The van der Waals surface area contributed by atoms with Crippen LogP contribution >= 0.6 is 0 Å². The molecular formula is C20H29FN4O2. The first-order chi connectivity index (χ1) is 13.0. The van der Waals surface area contributed by atoms with Gasteiger partial charge in [-0.3, -0.25) is 0 Å². The number of carbonyl (C=O) groups excluding carboxylic acids is 2. The second-order valence-corrected chi connectivity index (χ2v) is 7.68. The van der Waals surface area contributed by atoms with Gasteiger partial charge in [-0.15, -0.1) is 0 Å². The molecule has 1 aliphatic heterocycles. The largest absolute Gasteiger partial charge is 0.338 e. The molecular weight excluding hydrogens is 347 g/mol. The number of hydrogen-bond donors (Lipinski definition) is 3. The third-order valence-electron chi connectivity index (χ3n) is 5.46. The normalized spacial score (nSPS) is 18.7. The van der Waals surface area contributed by atoms with Crippen molar-refractivity contribution in [3.8, 4) is 0 Å². The zero-order valence-electron chi connectivity index (χ0n) is 15.9. The number of piperidine rings is 1. The van der Waals surface area contributed by atoms with Gasteiger partial charge in [0.15, 0.2) is 0 Å². The molecule has 1 aliphatic carbocycles. The summed E-state index contributed by atoms with van der Waals surface area (Å²) in [6, 6.07) is 5.89. The monoisotopic (exact) mass is 376 g/mol. The Morgan fingerprint density at radius 1 is 1.15 bits per heavy atom. The van der Waals surface area contributed by atoms with E-state index in [-0.39, 0.29) is 23.4 Å². The van der Waals surface area contributed by atoms with Crippen molar-refractivity contribution >= 4 is 12.1 Å². The zero-order chi connectivity index (χ0) is 19.3. The quantitative estimate of drug-likeness (QED) is 0.714. The molecule has 2 aliphatic rings. The topological polar surface area (TPSA) is 73.5 Å². The van der Waals surface area contributed by atoms with Crippen LogP contribution in [0.25, 0.3) is 0 Å². The van der Waals surface area contributed by atoms with E-state index in [1.807, 2.05) is 6.92 Å². The molecule has 4 amide bonds. The summed E-state index contributed by atoms with van der Waals surface area (Å²) < 4.78 is 13.0. The highest BCUT2D eigenvalue weighted by molar-refractivity contribution is 5.75. The Morgan fingerprint density at radius 2 is 1.81 bits per heavy atom. The highest BCUT2D eigenvalue weighted by Gasteiger charge is 2.41. The molecule has 0 atom stereocenters. The molecule has 0 radical (unpaired) electrons. The first kappa shape index (κ1) is 19.5. The number of likely N-dealkylation sites (tertiary alicyclic amines) is 1. The van der Waals surface area contributed by atoms with Gasteiger partial charge in [-0.25, -0.2) is 14.0 Å². The summed E-state index contributed by atoms with van der Waals surface area (Å²) in [5.41, 5.74) is 0.650. The van der Waals surface area contributed by atoms with E-state index >= 15 is 0 Å². The van der Waals surface area contributed by atoms with Crippen molar-refractivity contribution in [3.63, 3.8) is 0 Å². The zero-order valence-corrected chi connectivity index (χ0v) is 15.9. The molecule has 0 spiro atoms. The van der Waals surface area contributed by atoms with Gasteiger partial charge in [-0.05, 0) is 49.8 Å². The maximum Gasteiger partial charge on any atom is 0.317 e. The van der Waals surface area contributed by atoms with Crippen molar-refractivity contribution in [1.29, 1.82) is 0 Å². The van der Waals surface area contributed by atoms with Crippen LogP contribution in [0, 0.1) is 11.7 Å². The van der Waals surface area contributed by atoms with Gasteiger partial charge in [0.2, 0.25) is 0 Å². The second kappa shape index (κ2) is 8.59. The molecule has 0 aromatic heterocycles. The summed E-state index contributed by atoms with van der Waals surface area (Å²) >= 11 is 0. The Bertz CT molecular complexity index is 652. The molecule has 7 heteroatoms. The van der Waals surface area contributed by atoms with Gasteiger partial charge in [0.1, 0.15) is 5.82 Å². The summed E-state index contributed by atoms with van der Waals surface area (Å²) in [6.07, 6.45) is 5.01. The van der Waals surface area contributed by atoms with Gasteiger partial charge in [0.25, 0.3) is 0 Å². The lowest BCUT2D eigenvalue weighted by Crippen LogP contribution is -2.59. The molecule has 0 unspecified atom stereocenters. The minimum atomic E-state index is -0.285. The fourth-order valence-corrected chi connectivity index (χ4v) is 3.73. The average Bonchev–Trinajstić information content (AvgIpc) is 3.45. The minimum Gasteiger partial charge on any atom is -0.338 e. The fourth-order valence-electron chi connectivity index (χ4n) is 3.73. The first-order valence-electron chi connectivity index (χ1n) is 9.83. The number of nitrogens with one attached hydrogen (secondary N) is 3. The Labute approximate surface area is 159 Å². The highest BCUT2D eigenvalue weighted by Crippen LogP contribution is 2.40. The standard InChI is InChI=1S/C20H29FN4O2/c1-2-22-18(26)24-20(13-15-3-4-15)9-11-25(12-10-20)19(27)23-14-16-5-7-17(21)8-6-16/h5-8,15H,2-4,9-14H2,1H3,(H,23,27)(H2,22,24,26). The van der Waals surface area contributed by atoms with Crippen LogP contribution in [0.1, 0.15) is 44.6 Å². The molecule has 1 aromatic rings. The van der Waals surface area contributed by atoms with Crippen LogP contribution in [0.4, 0.5) is 14.0 Å². The Hall–Kier alpha value is -2.31. The molecule has 0 bridgehead atoms. The number of rotatable bonds is 6. The summed E-state index contributed by atoms with van der Waals surface area (Å²) in [4.78, 5) is 26.3. The smallest absolute Gasteiger partial charge is 0.317 e. The first-order valence-corrected chi connectivity index (χ1v) is 9.83. The van der Waals surface area contributed by atoms with Crippen LogP contribution in [0.3, 0.4) is 0 Å². The lowest BCUT2D eigenvalue weighted by atomic mass is 9.82. The van der Waals surface area contributed by atoms with Gasteiger partial charge in [-0.1, -0.05) is 25.0 Å². The molecule has 148 valence electrons. The average molecular weight is 376 g/mol. The van der Waals surface area contributed by atoms with E-state index in [1.54, 1.807) is 17.0 Å². The molecule has 1 aromatic carbocycles. The van der Waals surface area contributed by atoms with Crippen molar-refractivity contribution in [3.05, 3.63) is 35.6 Å². The van der Waals surface area contributed by atoms with E-state index in [0.717, 1.165) is 24.8 Å². The van der Waals surface area contributed by atoms with Gasteiger partial charge < -0.3 is 20.9 Å². The summed E-state index contributed by atoms with van der Waals surface area (Å²) in [5.74, 6) is 0.415. The maximum atomic E-state index is 13.0. The Morgan fingerprint density at radius 3 is 2.41 bits per heavy atom. The third-order valence-corrected chi connectivity index (χ3v) is 5.46. The molecule has 6 nitrogen and oxygen atoms in total. The second-order valence-electron chi connectivity index (χ2n) is 7.68. The molecule has 3 N–H and O–H groups in total. The van der Waals surface area contributed by atoms with Crippen molar-refractivity contribution < 1.29 is 14.0 Å². The van der Waals surface area contributed by atoms with Crippen LogP contribution in [-0.4, -0.2) is 42.1 Å². The molecule has 1 heterocycles. The molecule has 3 rings (SSSR count). The SMILES string of the molecule is CCNC(=O)NC1(CC2CC2)CCN(C(=O)NCc2ccc(F)cc2)CC1. The van der Waals surface area contributed by atoms with E-state index in [1.165, 1.54) is 25.0 Å². The number of hydrogen-bond acceptors (Lipinski definition) is 2. The van der Waals surface area contributed by atoms with E-state index in [9.17, 15) is 14.0 Å². The summed E-state index contributed by atoms with van der Waals surface area (Å²) in [7, 11) is 0. The number of benzene rings is 1. The maximum absolute atomic E-state index is 13.0. The number of nitrogens with zero attached hydrogens (tertiary/aromatic N) is 1. The lowest BCUT2D eigenvalue weighted by molar-refractivity contribution is 0.134. The van der Waals surface area contributed by atoms with E-state index in [2.05, 4.69) is 16.0 Å². The fraction of sp³-hybridized carbons (Fsp3) is 0.600. The van der Waals surface area contributed by atoms with E-state index < -0.39 is 0 Å². The number of amides is 4. The van der Waals surface area contributed by atoms with Gasteiger partial charge in [0.05, 0.1) is 0 Å².